The summed E-state index contributed by atoms with van der Waals surface area (Å²) < 4.78 is 5.80. The average Bonchev–Trinajstić information content (AvgIpc) is 3.42. The zero-order valence-corrected chi connectivity index (χ0v) is 14.9. The molecule has 2 N–H and O–H groups in total. The van der Waals surface area contributed by atoms with Gasteiger partial charge in [0.25, 0.3) is 0 Å². The topological polar surface area (TPSA) is 57.9 Å². The van der Waals surface area contributed by atoms with E-state index in [9.17, 15) is 4.79 Å². The van der Waals surface area contributed by atoms with Crippen LogP contribution in [0.25, 0.3) is 33.1 Å². The lowest BCUT2D eigenvalue weighted by Crippen LogP contribution is -2.00. The van der Waals surface area contributed by atoms with Crippen molar-refractivity contribution in [3.63, 3.8) is 0 Å². The highest BCUT2D eigenvalue weighted by molar-refractivity contribution is 6.02. The van der Waals surface area contributed by atoms with Crippen molar-refractivity contribution in [1.82, 2.24) is 9.97 Å². The largest absolute Gasteiger partial charge is 0.447 e. The fourth-order valence-corrected chi connectivity index (χ4v) is 4.16. The molecule has 0 saturated carbocycles. The van der Waals surface area contributed by atoms with Crippen LogP contribution in [-0.4, -0.2) is 15.9 Å². The summed E-state index contributed by atoms with van der Waals surface area (Å²) in [6, 6.07) is 26.2. The number of hydrogen-bond acceptors (Lipinski definition) is 2. The number of carbonyl (C=O) groups excluding carboxylic acids is 1. The van der Waals surface area contributed by atoms with E-state index in [-0.39, 0.29) is 5.97 Å². The van der Waals surface area contributed by atoms with E-state index < -0.39 is 6.10 Å². The Morgan fingerprint density at radius 3 is 2.21 bits per heavy atom. The van der Waals surface area contributed by atoms with Crippen LogP contribution in [0.2, 0.25) is 0 Å². The number of hydrogen-bond donors (Lipinski definition) is 2. The fraction of sp³-hybridized carbons (Fsp3) is 0.0417. The summed E-state index contributed by atoms with van der Waals surface area (Å²) in [5.74, 6) is -0.284. The molecule has 28 heavy (non-hydrogen) atoms. The highest BCUT2D eigenvalue weighted by Crippen LogP contribution is 2.41. The Hall–Kier alpha value is -3.79. The second-order valence-corrected chi connectivity index (χ2v) is 7.14. The van der Waals surface area contributed by atoms with E-state index in [4.69, 9.17) is 4.74 Å². The summed E-state index contributed by atoms with van der Waals surface area (Å²) in [4.78, 5) is 19.6. The first-order valence-corrected chi connectivity index (χ1v) is 9.27. The minimum Gasteiger partial charge on any atom is -0.447 e. The van der Waals surface area contributed by atoms with E-state index in [2.05, 4.69) is 28.2 Å². The van der Waals surface area contributed by atoms with Gasteiger partial charge in [-0.2, -0.15) is 0 Å². The van der Waals surface area contributed by atoms with Gasteiger partial charge >= 0.3 is 5.97 Å². The Morgan fingerprint density at radius 2 is 1.46 bits per heavy atom. The Labute approximate surface area is 160 Å². The van der Waals surface area contributed by atoms with E-state index in [0.717, 1.165) is 44.3 Å². The second-order valence-electron chi connectivity index (χ2n) is 7.14. The standard InChI is InChI=1S/C24H16N2O2/c27-24-22-16(20-12-14-6-1-3-10-18(14)25-20)8-5-9-17(22)23(28-24)21-13-15-7-2-4-11-19(15)26-21/h1-13,23,25-26H. The van der Waals surface area contributed by atoms with Crippen molar-refractivity contribution in [2.45, 2.75) is 6.10 Å². The van der Waals surface area contributed by atoms with Crippen LogP contribution in [0.5, 0.6) is 0 Å². The molecule has 0 bridgehead atoms. The van der Waals surface area contributed by atoms with Crippen LogP contribution >= 0.6 is 0 Å². The molecule has 0 spiro atoms. The maximum absolute atomic E-state index is 12.8. The highest BCUT2D eigenvalue weighted by Gasteiger charge is 2.35. The maximum atomic E-state index is 12.8. The van der Waals surface area contributed by atoms with Gasteiger partial charge in [-0.25, -0.2) is 4.79 Å². The molecule has 5 aromatic rings. The molecule has 1 aliphatic rings. The number of aromatic amines is 2. The van der Waals surface area contributed by atoms with E-state index in [1.807, 2.05) is 60.7 Å². The van der Waals surface area contributed by atoms with Gasteiger partial charge in [0, 0.05) is 33.2 Å². The third kappa shape index (κ3) is 2.15. The van der Waals surface area contributed by atoms with E-state index >= 15 is 0 Å². The summed E-state index contributed by atoms with van der Waals surface area (Å²) in [5.41, 5.74) is 6.31. The van der Waals surface area contributed by atoms with Crippen molar-refractivity contribution >= 4 is 27.8 Å². The summed E-state index contributed by atoms with van der Waals surface area (Å²) >= 11 is 0. The van der Waals surface area contributed by atoms with Crippen LogP contribution in [0.3, 0.4) is 0 Å². The number of cyclic esters (lactones) is 1. The molecule has 0 radical (unpaired) electrons. The minimum atomic E-state index is -0.417. The van der Waals surface area contributed by atoms with Crippen LogP contribution in [0.4, 0.5) is 0 Å². The number of rotatable bonds is 2. The third-order valence-corrected chi connectivity index (χ3v) is 5.46. The lowest BCUT2D eigenvalue weighted by atomic mass is 9.96. The van der Waals surface area contributed by atoms with Gasteiger partial charge < -0.3 is 14.7 Å². The van der Waals surface area contributed by atoms with Crippen LogP contribution < -0.4 is 0 Å². The fourth-order valence-electron chi connectivity index (χ4n) is 4.16. The van der Waals surface area contributed by atoms with Gasteiger partial charge in [0.05, 0.1) is 11.3 Å². The number of H-pyrrole nitrogens is 2. The average molecular weight is 364 g/mol. The van der Waals surface area contributed by atoms with Crippen molar-refractivity contribution < 1.29 is 9.53 Å². The Morgan fingerprint density at radius 1 is 0.750 bits per heavy atom. The Balaban J connectivity index is 1.51. The van der Waals surface area contributed by atoms with Crippen molar-refractivity contribution in [3.05, 3.63) is 95.7 Å². The molecule has 2 aromatic heterocycles. The summed E-state index contributed by atoms with van der Waals surface area (Å²) in [6.45, 7) is 0. The molecule has 0 amide bonds. The first-order chi connectivity index (χ1) is 13.8. The van der Waals surface area contributed by atoms with Gasteiger partial charge in [0.1, 0.15) is 0 Å². The van der Waals surface area contributed by atoms with E-state index in [1.165, 1.54) is 0 Å². The van der Waals surface area contributed by atoms with Crippen molar-refractivity contribution in [3.8, 4) is 11.3 Å². The monoisotopic (exact) mass is 364 g/mol. The molecule has 1 aliphatic heterocycles. The third-order valence-electron chi connectivity index (χ3n) is 5.46. The molecule has 3 aromatic carbocycles. The SMILES string of the molecule is O=C1OC(c2cc3ccccc3[nH]2)c2cccc(-c3cc4ccccc4[nH]3)c21. The molecule has 0 fully saturated rings. The van der Waals surface area contributed by atoms with Crippen LogP contribution in [-0.2, 0) is 4.74 Å². The molecule has 3 heterocycles. The number of ether oxygens (including phenoxy) is 1. The zero-order chi connectivity index (χ0) is 18.7. The molecule has 1 unspecified atom stereocenters. The van der Waals surface area contributed by atoms with E-state index in [1.54, 1.807) is 0 Å². The van der Waals surface area contributed by atoms with Gasteiger partial charge in [-0.1, -0.05) is 54.6 Å². The van der Waals surface area contributed by atoms with Gasteiger partial charge in [-0.05, 0) is 29.7 Å². The van der Waals surface area contributed by atoms with Crippen LogP contribution in [0.15, 0.2) is 78.9 Å². The quantitative estimate of drug-likeness (QED) is 0.402. The van der Waals surface area contributed by atoms with Crippen molar-refractivity contribution in [1.29, 1.82) is 0 Å². The van der Waals surface area contributed by atoms with Crippen LogP contribution in [0, 0.1) is 0 Å². The number of carbonyl (C=O) groups is 1. The maximum Gasteiger partial charge on any atom is 0.340 e. The summed E-state index contributed by atoms with van der Waals surface area (Å²) in [5, 5.41) is 2.22. The molecule has 4 nitrogen and oxygen atoms in total. The van der Waals surface area contributed by atoms with E-state index in [0.29, 0.717) is 5.56 Å². The van der Waals surface area contributed by atoms with Gasteiger partial charge in [0.15, 0.2) is 6.10 Å². The smallest absolute Gasteiger partial charge is 0.340 e. The number of para-hydroxylation sites is 2. The van der Waals surface area contributed by atoms with Crippen LogP contribution in [0.1, 0.15) is 27.7 Å². The van der Waals surface area contributed by atoms with Crippen molar-refractivity contribution in [2.24, 2.45) is 0 Å². The summed E-state index contributed by atoms with van der Waals surface area (Å²) in [7, 11) is 0. The molecular weight excluding hydrogens is 348 g/mol. The lowest BCUT2D eigenvalue weighted by molar-refractivity contribution is 0.0451. The van der Waals surface area contributed by atoms with Gasteiger partial charge in [0.2, 0.25) is 0 Å². The van der Waals surface area contributed by atoms with Crippen molar-refractivity contribution in [2.75, 3.05) is 0 Å². The molecule has 0 saturated heterocycles. The molecule has 4 heteroatoms. The lowest BCUT2D eigenvalue weighted by Gasteiger charge is -2.08. The number of fused-ring (bicyclic) bond motifs is 3. The minimum absolute atomic E-state index is 0.284. The molecular formula is C24H16N2O2. The normalized spacial score (nSPS) is 15.9. The summed E-state index contributed by atoms with van der Waals surface area (Å²) in [6.07, 6.45) is -0.417. The number of esters is 1. The zero-order valence-electron chi connectivity index (χ0n) is 14.9. The van der Waals surface area contributed by atoms with Gasteiger partial charge in [-0.15, -0.1) is 0 Å². The highest BCUT2D eigenvalue weighted by atomic mass is 16.5. The Kier molecular flexibility index (Phi) is 3.06. The number of nitrogens with one attached hydrogen (secondary N) is 2. The first kappa shape index (κ1) is 15.3. The Bertz CT molecular complexity index is 1310. The molecule has 1 atom stereocenters. The predicted molar refractivity (Wildman–Crippen MR) is 109 cm³/mol. The second kappa shape index (κ2) is 5.60. The molecule has 0 aliphatic carbocycles. The molecule has 134 valence electrons. The molecule has 6 rings (SSSR count). The predicted octanol–water partition coefficient (Wildman–Crippen LogP) is 5.58. The van der Waals surface area contributed by atoms with Gasteiger partial charge in [-0.3, -0.25) is 0 Å². The number of benzene rings is 3. The number of aromatic nitrogens is 2. The first-order valence-electron chi connectivity index (χ1n) is 9.27.